The summed E-state index contributed by atoms with van der Waals surface area (Å²) in [4.78, 5) is 6.51. The predicted molar refractivity (Wildman–Crippen MR) is 77.6 cm³/mol. The van der Waals surface area contributed by atoms with Gasteiger partial charge in [-0.1, -0.05) is 12.1 Å². The number of hydrogen-bond donors (Lipinski definition) is 0. The van der Waals surface area contributed by atoms with Crippen LogP contribution >= 0.6 is 11.6 Å². The lowest BCUT2D eigenvalue weighted by molar-refractivity contribution is 0.627. The lowest BCUT2D eigenvalue weighted by atomic mass is 10.2. The quantitative estimate of drug-likeness (QED) is 0.769. The highest BCUT2D eigenvalue weighted by Gasteiger charge is 2.10. The van der Waals surface area contributed by atoms with Crippen molar-refractivity contribution in [3.05, 3.63) is 53.5 Å². The van der Waals surface area contributed by atoms with Gasteiger partial charge in [0.1, 0.15) is 11.6 Å². The Hall–Kier alpha value is -1.61. The van der Waals surface area contributed by atoms with Crippen LogP contribution in [0.1, 0.15) is 18.2 Å². The van der Waals surface area contributed by atoms with Crippen molar-refractivity contribution in [2.75, 3.05) is 11.4 Å². The smallest absolute Gasteiger partial charge is 0.133 e. The summed E-state index contributed by atoms with van der Waals surface area (Å²) >= 11 is 5.83. The molecule has 0 spiro atoms. The highest BCUT2D eigenvalue weighted by molar-refractivity contribution is 6.17. The van der Waals surface area contributed by atoms with Gasteiger partial charge in [0.05, 0.1) is 0 Å². The molecule has 0 amide bonds. The summed E-state index contributed by atoms with van der Waals surface area (Å²) in [6.07, 6.45) is 0. The molecular weight excluding hydrogens is 263 g/mol. The van der Waals surface area contributed by atoms with Crippen molar-refractivity contribution in [3.63, 3.8) is 0 Å². The fraction of sp³-hybridized carbons (Fsp3) is 0.267. The summed E-state index contributed by atoms with van der Waals surface area (Å²) < 4.78 is 13.3. The van der Waals surface area contributed by atoms with Crippen molar-refractivity contribution in [1.29, 1.82) is 0 Å². The van der Waals surface area contributed by atoms with Crippen molar-refractivity contribution in [2.24, 2.45) is 0 Å². The van der Waals surface area contributed by atoms with Gasteiger partial charge in [-0.25, -0.2) is 9.37 Å². The second-order valence-electron chi connectivity index (χ2n) is 4.27. The Balaban J connectivity index is 2.39. The van der Waals surface area contributed by atoms with Crippen LogP contribution in [0.5, 0.6) is 0 Å². The molecule has 0 aliphatic rings. The van der Waals surface area contributed by atoms with Crippen LogP contribution in [-0.2, 0) is 5.88 Å². The maximum Gasteiger partial charge on any atom is 0.133 e. The van der Waals surface area contributed by atoms with Gasteiger partial charge in [0.15, 0.2) is 0 Å². The first-order valence-corrected chi connectivity index (χ1v) is 6.74. The predicted octanol–water partition coefficient (Wildman–Crippen LogP) is 4.43. The average Bonchev–Trinajstić information content (AvgIpc) is 2.40. The molecule has 100 valence electrons. The Kier molecular flexibility index (Phi) is 4.38. The van der Waals surface area contributed by atoms with Gasteiger partial charge in [-0.15, -0.1) is 11.6 Å². The summed E-state index contributed by atoms with van der Waals surface area (Å²) in [6.45, 7) is 4.66. The number of hydrogen-bond acceptors (Lipinski definition) is 2. The number of aryl methyl sites for hydroxylation is 1. The Bertz CT molecular complexity index is 572. The van der Waals surface area contributed by atoms with Gasteiger partial charge in [-0.3, -0.25) is 0 Å². The van der Waals surface area contributed by atoms with Crippen LogP contribution in [0.25, 0.3) is 0 Å². The Labute approximate surface area is 117 Å². The zero-order chi connectivity index (χ0) is 13.8. The van der Waals surface area contributed by atoms with E-state index in [2.05, 4.69) is 4.98 Å². The fourth-order valence-corrected chi connectivity index (χ4v) is 2.27. The molecule has 0 bridgehead atoms. The zero-order valence-electron chi connectivity index (χ0n) is 11.0. The minimum atomic E-state index is -0.245. The Morgan fingerprint density at radius 2 is 2.05 bits per heavy atom. The molecule has 0 N–H and O–H groups in total. The van der Waals surface area contributed by atoms with Gasteiger partial charge < -0.3 is 4.90 Å². The third-order valence-corrected chi connectivity index (χ3v) is 3.33. The number of pyridine rings is 1. The Morgan fingerprint density at radius 1 is 1.26 bits per heavy atom. The van der Waals surface area contributed by atoms with E-state index in [0.717, 1.165) is 29.3 Å². The molecule has 0 fully saturated rings. The molecule has 0 saturated heterocycles. The maximum absolute atomic E-state index is 13.3. The molecule has 4 heteroatoms. The van der Waals surface area contributed by atoms with Crippen LogP contribution < -0.4 is 4.90 Å². The standard InChI is InChI=1S/C15H16ClFN2/c1-3-19(14-6-4-5-13(17)9-14)15-8-7-12(10-16)11(2)18-15/h4-9H,3,10H2,1-2H3. The highest BCUT2D eigenvalue weighted by Crippen LogP contribution is 2.25. The van der Waals surface area contributed by atoms with Crippen LogP contribution in [-0.4, -0.2) is 11.5 Å². The van der Waals surface area contributed by atoms with Crippen LogP contribution in [0.2, 0.25) is 0 Å². The number of nitrogens with zero attached hydrogens (tertiary/aromatic N) is 2. The minimum Gasteiger partial charge on any atom is -0.327 e. The molecule has 1 aromatic carbocycles. The van der Waals surface area contributed by atoms with E-state index in [1.165, 1.54) is 12.1 Å². The molecule has 2 nitrogen and oxygen atoms in total. The second kappa shape index (κ2) is 6.02. The topological polar surface area (TPSA) is 16.1 Å². The summed E-state index contributed by atoms with van der Waals surface area (Å²) in [5.74, 6) is 1.01. The molecular formula is C15H16ClFN2. The average molecular weight is 279 g/mol. The second-order valence-corrected chi connectivity index (χ2v) is 4.54. The molecule has 2 rings (SSSR count). The van der Waals surface area contributed by atoms with Gasteiger partial charge in [-0.05, 0) is 43.7 Å². The van der Waals surface area contributed by atoms with Crippen LogP contribution in [0.3, 0.4) is 0 Å². The SMILES string of the molecule is CCN(c1cccc(F)c1)c1ccc(CCl)c(C)n1. The molecule has 0 atom stereocenters. The first-order chi connectivity index (χ1) is 9.15. The normalized spacial score (nSPS) is 10.5. The molecule has 2 aromatic rings. The molecule has 1 heterocycles. The van der Waals surface area contributed by atoms with Crippen LogP contribution in [0.4, 0.5) is 15.9 Å². The number of anilines is 2. The summed E-state index contributed by atoms with van der Waals surface area (Å²) in [5.41, 5.74) is 2.72. The maximum atomic E-state index is 13.3. The first-order valence-electron chi connectivity index (χ1n) is 6.21. The van der Waals surface area contributed by atoms with Gasteiger partial charge in [0.2, 0.25) is 0 Å². The van der Waals surface area contributed by atoms with Gasteiger partial charge in [-0.2, -0.15) is 0 Å². The third-order valence-electron chi connectivity index (χ3n) is 3.04. The summed E-state index contributed by atoms with van der Waals surface area (Å²) in [7, 11) is 0. The molecule has 1 aromatic heterocycles. The van der Waals surface area contributed by atoms with E-state index in [-0.39, 0.29) is 5.82 Å². The van der Waals surface area contributed by atoms with Crippen molar-refractivity contribution in [2.45, 2.75) is 19.7 Å². The third kappa shape index (κ3) is 3.04. The van der Waals surface area contributed by atoms with Crippen molar-refractivity contribution in [3.8, 4) is 0 Å². The molecule has 0 aliphatic carbocycles. The number of benzene rings is 1. The lowest BCUT2D eigenvalue weighted by Crippen LogP contribution is -2.18. The number of halogens is 2. The fourth-order valence-electron chi connectivity index (χ4n) is 1.99. The monoisotopic (exact) mass is 278 g/mol. The van der Waals surface area contributed by atoms with Gasteiger partial charge >= 0.3 is 0 Å². The number of aromatic nitrogens is 1. The van der Waals surface area contributed by atoms with Crippen molar-refractivity contribution in [1.82, 2.24) is 4.98 Å². The van der Waals surface area contributed by atoms with E-state index < -0.39 is 0 Å². The van der Waals surface area contributed by atoms with E-state index in [9.17, 15) is 4.39 Å². The molecule has 0 aliphatic heterocycles. The first kappa shape index (κ1) is 13.8. The largest absolute Gasteiger partial charge is 0.327 e. The van der Waals surface area contributed by atoms with E-state index in [0.29, 0.717) is 5.88 Å². The number of rotatable bonds is 4. The van der Waals surface area contributed by atoms with E-state index in [1.807, 2.05) is 36.9 Å². The number of alkyl halides is 1. The summed E-state index contributed by atoms with van der Waals surface area (Å²) in [5, 5.41) is 0. The van der Waals surface area contributed by atoms with E-state index in [1.54, 1.807) is 6.07 Å². The molecule has 0 saturated carbocycles. The van der Waals surface area contributed by atoms with Crippen molar-refractivity contribution < 1.29 is 4.39 Å². The highest BCUT2D eigenvalue weighted by atomic mass is 35.5. The molecule has 0 unspecified atom stereocenters. The van der Waals surface area contributed by atoms with Crippen LogP contribution in [0.15, 0.2) is 36.4 Å². The van der Waals surface area contributed by atoms with Crippen LogP contribution in [0, 0.1) is 12.7 Å². The minimum absolute atomic E-state index is 0.245. The molecule has 19 heavy (non-hydrogen) atoms. The van der Waals surface area contributed by atoms with E-state index >= 15 is 0 Å². The van der Waals surface area contributed by atoms with Crippen molar-refractivity contribution >= 4 is 23.1 Å². The zero-order valence-corrected chi connectivity index (χ0v) is 11.8. The summed E-state index contributed by atoms with van der Waals surface area (Å²) in [6, 6.07) is 10.4. The molecule has 0 radical (unpaired) electrons. The lowest BCUT2D eigenvalue weighted by Gasteiger charge is -2.23. The van der Waals surface area contributed by atoms with Gasteiger partial charge in [0, 0.05) is 23.8 Å². The van der Waals surface area contributed by atoms with E-state index in [4.69, 9.17) is 11.6 Å². The Morgan fingerprint density at radius 3 is 2.63 bits per heavy atom. The van der Waals surface area contributed by atoms with Gasteiger partial charge in [0.25, 0.3) is 0 Å².